The van der Waals surface area contributed by atoms with Gasteiger partial charge >= 0.3 is 0 Å². The molecule has 1 rings (SSSR count). The third kappa shape index (κ3) is 5.42. The lowest BCUT2D eigenvalue weighted by Crippen LogP contribution is -2.45. The quantitative estimate of drug-likeness (QED) is 0.853. The van der Waals surface area contributed by atoms with E-state index < -0.39 is 0 Å². The summed E-state index contributed by atoms with van der Waals surface area (Å²) in [5.74, 6) is -0.134. The summed E-state index contributed by atoms with van der Waals surface area (Å²) >= 11 is 0. The van der Waals surface area contributed by atoms with E-state index in [0.717, 1.165) is 6.42 Å². The number of nitrogens with zero attached hydrogens (tertiary/aromatic N) is 2. The summed E-state index contributed by atoms with van der Waals surface area (Å²) in [6.45, 7) is 11.8. The second kappa shape index (κ2) is 5.74. The maximum Gasteiger partial charge on any atom is 0.271 e. The number of carbonyl (C=O) groups is 1. The Morgan fingerprint density at radius 3 is 2.53 bits per heavy atom. The van der Waals surface area contributed by atoms with Crippen molar-refractivity contribution in [1.82, 2.24) is 14.9 Å². The Morgan fingerprint density at radius 2 is 2.00 bits per heavy atom. The van der Waals surface area contributed by atoms with Gasteiger partial charge in [0.05, 0.1) is 6.33 Å². The van der Waals surface area contributed by atoms with Crippen LogP contribution in [0.3, 0.4) is 0 Å². The topological polar surface area (TPSA) is 72.9 Å². The average molecular weight is 266 g/mol. The molecule has 5 heteroatoms. The number of rotatable bonds is 5. The molecule has 0 fully saturated rings. The molecule has 0 radical (unpaired) electrons. The van der Waals surface area contributed by atoms with Gasteiger partial charge in [-0.1, -0.05) is 20.8 Å². The van der Waals surface area contributed by atoms with E-state index in [-0.39, 0.29) is 16.9 Å². The van der Waals surface area contributed by atoms with Gasteiger partial charge in [0.1, 0.15) is 5.69 Å². The molecule has 1 amide bonds. The summed E-state index contributed by atoms with van der Waals surface area (Å²) < 4.78 is 1.83. The number of amides is 1. The van der Waals surface area contributed by atoms with Crippen LogP contribution in [0, 0.1) is 5.41 Å². The summed E-state index contributed by atoms with van der Waals surface area (Å²) in [7, 11) is 0. The van der Waals surface area contributed by atoms with Crippen molar-refractivity contribution in [3.05, 3.63) is 18.2 Å². The molecule has 1 aromatic rings. The molecule has 1 heterocycles. The van der Waals surface area contributed by atoms with Gasteiger partial charge in [0.2, 0.25) is 0 Å². The van der Waals surface area contributed by atoms with Crippen LogP contribution in [0.5, 0.6) is 0 Å². The van der Waals surface area contributed by atoms with Gasteiger partial charge in [0.15, 0.2) is 0 Å². The summed E-state index contributed by atoms with van der Waals surface area (Å²) in [5, 5.41) is 3.04. The zero-order valence-corrected chi connectivity index (χ0v) is 12.7. The minimum Gasteiger partial charge on any atom is -0.346 e. The second-order valence-electron chi connectivity index (χ2n) is 6.86. The third-order valence-electron chi connectivity index (χ3n) is 2.68. The summed E-state index contributed by atoms with van der Waals surface area (Å²) in [4.78, 5) is 16.3. The first-order valence-corrected chi connectivity index (χ1v) is 6.67. The Bertz CT molecular complexity index is 429. The molecule has 0 spiro atoms. The van der Waals surface area contributed by atoms with E-state index in [2.05, 4.69) is 31.1 Å². The lowest BCUT2D eigenvalue weighted by Gasteiger charge is -2.33. The highest BCUT2D eigenvalue weighted by Crippen LogP contribution is 2.26. The molecule has 3 N–H and O–H groups in total. The van der Waals surface area contributed by atoms with Crippen molar-refractivity contribution in [2.75, 3.05) is 6.54 Å². The normalized spacial score (nSPS) is 12.5. The molecule has 1 aromatic heterocycles. The lowest BCUT2D eigenvalue weighted by atomic mass is 9.82. The monoisotopic (exact) mass is 266 g/mol. The number of nitrogens with two attached hydrogens (primary N) is 1. The van der Waals surface area contributed by atoms with E-state index in [1.807, 2.05) is 18.4 Å². The Morgan fingerprint density at radius 1 is 1.37 bits per heavy atom. The number of hydrogen-bond acceptors (Lipinski definition) is 3. The molecule has 0 aliphatic heterocycles. The molecule has 0 atom stereocenters. The summed E-state index contributed by atoms with van der Waals surface area (Å²) in [6.07, 6.45) is 4.27. The molecule has 0 aromatic carbocycles. The first-order chi connectivity index (χ1) is 8.63. The Hall–Kier alpha value is -1.36. The molecule has 0 bridgehead atoms. The number of nitrogens with one attached hydrogen (secondary N) is 1. The van der Waals surface area contributed by atoms with Crippen molar-refractivity contribution in [2.24, 2.45) is 11.1 Å². The smallest absolute Gasteiger partial charge is 0.271 e. The van der Waals surface area contributed by atoms with Crippen LogP contribution in [0.1, 0.15) is 51.5 Å². The van der Waals surface area contributed by atoms with Crippen LogP contribution in [0.4, 0.5) is 0 Å². The van der Waals surface area contributed by atoms with E-state index in [1.54, 1.807) is 12.5 Å². The average Bonchev–Trinajstić information content (AvgIpc) is 2.61. The zero-order chi connectivity index (χ0) is 14.7. The molecule has 0 aliphatic carbocycles. The van der Waals surface area contributed by atoms with Gasteiger partial charge in [0.25, 0.3) is 5.91 Å². The van der Waals surface area contributed by atoms with Gasteiger partial charge in [0, 0.05) is 24.8 Å². The fourth-order valence-corrected chi connectivity index (χ4v) is 2.49. The van der Waals surface area contributed by atoms with Gasteiger partial charge in [-0.15, -0.1) is 0 Å². The van der Waals surface area contributed by atoms with Crippen LogP contribution in [0.15, 0.2) is 12.5 Å². The van der Waals surface area contributed by atoms with E-state index in [1.165, 1.54) is 0 Å². The Kier molecular flexibility index (Phi) is 4.74. The maximum atomic E-state index is 12.1. The predicted molar refractivity (Wildman–Crippen MR) is 76.9 cm³/mol. The Balaban J connectivity index is 2.67. The fraction of sp³-hybridized carbons (Fsp3) is 0.714. The lowest BCUT2D eigenvalue weighted by molar-refractivity contribution is 0.0886. The standard InChI is InChI=1S/C14H26N4O/c1-13(2,3)9-14(4,5)17-12(19)11-8-18(7-6-15)10-16-11/h8,10H,6-7,9,15H2,1-5H3,(H,17,19). The van der Waals surface area contributed by atoms with Crippen LogP contribution < -0.4 is 11.1 Å². The number of hydrogen-bond donors (Lipinski definition) is 2. The summed E-state index contributed by atoms with van der Waals surface area (Å²) in [6, 6.07) is 0. The number of aromatic nitrogens is 2. The zero-order valence-electron chi connectivity index (χ0n) is 12.7. The maximum absolute atomic E-state index is 12.1. The van der Waals surface area contributed by atoms with E-state index in [9.17, 15) is 4.79 Å². The molecular weight excluding hydrogens is 240 g/mol. The molecule has 0 saturated carbocycles. The van der Waals surface area contributed by atoms with Crippen molar-refractivity contribution < 1.29 is 4.79 Å². The minimum atomic E-state index is -0.257. The highest BCUT2D eigenvalue weighted by atomic mass is 16.2. The number of carbonyl (C=O) groups excluding carboxylic acids is 1. The van der Waals surface area contributed by atoms with Crippen molar-refractivity contribution in [1.29, 1.82) is 0 Å². The number of imidazole rings is 1. The van der Waals surface area contributed by atoms with Gasteiger partial charge in [-0.25, -0.2) is 4.98 Å². The largest absolute Gasteiger partial charge is 0.346 e. The van der Waals surface area contributed by atoms with E-state index in [4.69, 9.17) is 5.73 Å². The minimum absolute atomic E-state index is 0.134. The fourth-order valence-electron chi connectivity index (χ4n) is 2.49. The van der Waals surface area contributed by atoms with Crippen molar-refractivity contribution >= 4 is 5.91 Å². The van der Waals surface area contributed by atoms with E-state index in [0.29, 0.717) is 18.8 Å². The van der Waals surface area contributed by atoms with Gasteiger partial charge in [-0.05, 0) is 25.7 Å². The molecule has 0 unspecified atom stereocenters. The second-order valence-corrected chi connectivity index (χ2v) is 6.86. The Labute approximate surface area is 115 Å². The molecule has 108 valence electrons. The van der Waals surface area contributed by atoms with Gasteiger partial charge in [-0.2, -0.15) is 0 Å². The first-order valence-electron chi connectivity index (χ1n) is 6.67. The predicted octanol–water partition coefficient (Wildman–Crippen LogP) is 1.79. The van der Waals surface area contributed by atoms with Crippen molar-refractivity contribution in [2.45, 2.75) is 53.1 Å². The SMILES string of the molecule is CC(C)(C)CC(C)(C)NC(=O)c1cn(CCN)cn1. The van der Waals surface area contributed by atoms with Crippen LogP contribution in [-0.4, -0.2) is 27.5 Å². The third-order valence-corrected chi connectivity index (χ3v) is 2.68. The van der Waals surface area contributed by atoms with Crippen molar-refractivity contribution in [3.8, 4) is 0 Å². The first kappa shape index (κ1) is 15.7. The molecule has 0 aliphatic rings. The highest BCUT2D eigenvalue weighted by Gasteiger charge is 2.27. The molecule has 0 saturated heterocycles. The van der Waals surface area contributed by atoms with Gasteiger partial charge < -0.3 is 15.6 Å². The molecular formula is C14H26N4O. The van der Waals surface area contributed by atoms with Crippen LogP contribution >= 0.6 is 0 Å². The van der Waals surface area contributed by atoms with E-state index >= 15 is 0 Å². The van der Waals surface area contributed by atoms with Crippen LogP contribution in [0.2, 0.25) is 0 Å². The van der Waals surface area contributed by atoms with Crippen LogP contribution in [-0.2, 0) is 6.54 Å². The van der Waals surface area contributed by atoms with Crippen molar-refractivity contribution in [3.63, 3.8) is 0 Å². The molecule has 5 nitrogen and oxygen atoms in total. The molecule has 19 heavy (non-hydrogen) atoms. The summed E-state index contributed by atoms with van der Waals surface area (Å²) in [5.41, 5.74) is 5.81. The van der Waals surface area contributed by atoms with Gasteiger partial charge in [-0.3, -0.25) is 4.79 Å². The highest BCUT2D eigenvalue weighted by molar-refractivity contribution is 5.92. The van der Waals surface area contributed by atoms with Crippen LogP contribution in [0.25, 0.3) is 0 Å².